The van der Waals surface area contributed by atoms with Gasteiger partial charge in [0.2, 0.25) is 0 Å². The molecule has 2 rings (SSSR count). The predicted molar refractivity (Wildman–Crippen MR) is 86.0 cm³/mol. The molecule has 1 atom stereocenters. The Hall–Kier alpha value is -1.10. The average Bonchev–Trinajstić information content (AvgIpc) is 2.97. The van der Waals surface area contributed by atoms with E-state index in [-0.39, 0.29) is 0 Å². The zero-order valence-electron chi connectivity index (χ0n) is 13.5. The van der Waals surface area contributed by atoms with Crippen LogP contribution in [0.3, 0.4) is 0 Å². The van der Waals surface area contributed by atoms with Crippen LogP contribution in [0.1, 0.15) is 30.5 Å². The van der Waals surface area contributed by atoms with Crippen molar-refractivity contribution in [1.82, 2.24) is 10.2 Å². The number of methoxy groups -OCH3 is 1. The monoisotopic (exact) mass is 292 g/mol. The number of benzene rings is 1. The van der Waals surface area contributed by atoms with Crippen LogP contribution in [0.15, 0.2) is 18.2 Å². The van der Waals surface area contributed by atoms with E-state index >= 15 is 0 Å². The molecule has 0 aromatic heterocycles. The molecule has 0 amide bonds. The average molecular weight is 292 g/mol. The van der Waals surface area contributed by atoms with Crippen LogP contribution in [0, 0.1) is 0 Å². The molecule has 1 aliphatic heterocycles. The third kappa shape index (κ3) is 4.70. The number of rotatable bonds is 9. The second-order valence-electron chi connectivity index (χ2n) is 5.68. The van der Waals surface area contributed by atoms with Crippen LogP contribution in [0.25, 0.3) is 0 Å². The number of hydrogen-bond acceptors (Lipinski definition) is 4. The Bertz CT molecular complexity index is 437. The van der Waals surface area contributed by atoms with Gasteiger partial charge >= 0.3 is 0 Å². The van der Waals surface area contributed by atoms with E-state index in [1.807, 2.05) is 0 Å². The second kappa shape index (κ2) is 8.37. The van der Waals surface area contributed by atoms with Gasteiger partial charge in [0, 0.05) is 39.2 Å². The van der Waals surface area contributed by atoms with Crippen LogP contribution >= 0.6 is 0 Å². The topological polar surface area (TPSA) is 33.7 Å². The number of likely N-dealkylation sites (N-methyl/N-ethyl adjacent to an activating group) is 1. The highest BCUT2D eigenvalue weighted by Gasteiger charge is 2.15. The van der Waals surface area contributed by atoms with Crippen molar-refractivity contribution in [2.45, 2.75) is 25.8 Å². The Labute approximate surface area is 128 Å². The summed E-state index contributed by atoms with van der Waals surface area (Å²) in [6.07, 6.45) is 2.14. The molecule has 4 nitrogen and oxygen atoms in total. The predicted octanol–water partition coefficient (Wildman–Crippen LogP) is 2.24. The normalized spacial score (nSPS) is 15.0. The Morgan fingerprint density at radius 3 is 3.00 bits per heavy atom. The zero-order chi connectivity index (χ0) is 15.1. The Morgan fingerprint density at radius 2 is 2.24 bits per heavy atom. The molecule has 0 radical (unpaired) electrons. The molecule has 0 aliphatic carbocycles. The lowest BCUT2D eigenvalue weighted by Gasteiger charge is -2.21. The first-order valence-corrected chi connectivity index (χ1v) is 7.91. The van der Waals surface area contributed by atoms with Gasteiger partial charge in [-0.25, -0.2) is 0 Å². The highest BCUT2D eigenvalue weighted by molar-refractivity contribution is 5.40. The van der Waals surface area contributed by atoms with Crippen LogP contribution in [-0.2, 0) is 11.2 Å². The minimum atomic E-state index is 0.423. The molecule has 1 aromatic rings. The number of ether oxygens (including phenoxy) is 2. The van der Waals surface area contributed by atoms with E-state index in [1.54, 1.807) is 7.11 Å². The van der Waals surface area contributed by atoms with Crippen molar-refractivity contribution in [1.29, 1.82) is 0 Å². The van der Waals surface area contributed by atoms with Crippen molar-refractivity contribution in [2.24, 2.45) is 0 Å². The second-order valence-corrected chi connectivity index (χ2v) is 5.68. The molecule has 21 heavy (non-hydrogen) atoms. The van der Waals surface area contributed by atoms with Crippen molar-refractivity contribution in [3.8, 4) is 5.75 Å². The highest BCUT2D eigenvalue weighted by atomic mass is 16.5. The van der Waals surface area contributed by atoms with Crippen LogP contribution in [0.4, 0.5) is 0 Å². The first kappa shape index (κ1) is 16.3. The van der Waals surface area contributed by atoms with Gasteiger partial charge in [-0.05, 0) is 30.7 Å². The van der Waals surface area contributed by atoms with E-state index in [0.29, 0.717) is 6.04 Å². The van der Waals surface area contributed by atoms with Gasteiger partial charge in [0.15, 0.2) is 0 Å². The van der Waals surface area contributed by atoms with Gasteiger partial charge in [0.25, 0.3) is 0 Å². The molecule has 1 aromatic carbocycles. The van der Waals surface area contributed by atoms with E-state index in [1.165, 1.54) is 11.1 Å². The summed E-state index contributed by atoms with van der Waals surface area (Å²) < 4.78 is 10.7. The molecule has 0 bridgehead atoms. The molecule has 118 valence electrons. The third-order valence-electron chi connectivity index (χ3n) is 4.09. The third-order valence-corrected chi connectivity index (χ3v) is 4.09. The number of fused-ring (bicyclic) bond motifs is 1. The summed E-state index contributed by atoms with van der Waals surface area (Å²) in [6, 6.07) is 7.04. The molecule has 1 heterocycles. The Kier molecular flexibility index (Phi) is 6.49. The van der Waals surface area contributed by atoms with Crippen molar-refractivity contribution in [2.75, 3.05) is 47.0 Å². The van der Waals surface area contributed by atoms with Crippen molar-refractivity contribution in [3.05, 3.63) is 29.3 Å². The number of nitrogens with zero attached hydrogens (tertiary/aromatic N) is 1. The van der Waals surface area contributed by atoms with Crippen LogP contribution in [0.2, 0.25) is 0 Å². The summed E-state index contributed by atoms with van der Waals surface area (Å²) in [5.41, 5.74) is 2.73. The van der Waals surface area contributed by atoms with Crippen molar-refractivity contribution < 1.29 is 9.47 Å². The summed E-state index contributed by atoms with van der Waals surface area (Å²) in [4.78, 5) is 2.29. The first-order valence-electron chi connectivity index (χ1n) is 7.91. The van der Waals surface area contributed by atoms with E-state index in [9.17, 15) is 0 Å². The molecule has 0 fully saturated rings. The minimum Gasteiger partial charge on any atom is -0.493 e. The maximum absolute atomic E-state index is 5.58. The number of hydrogen-bond donors (Lipinski definition) is 1. The van der Waals surface area contributed by atoms with E-state index in [0.717, 1.165) is 51.4 Å². The summed E-state index contributed by atoms with van der Waals surface area (Å²) in [5, 5.41) is 3.66. The summed E-state index contributed by atoms with van der Waals surface area (Å²) >= 11 is 0. The van der Waals surface area contributed by atoms with E-state index in [2.05, 4.69) is 42.4 Å². The van der Waals surface area contributed by atoms with Gasteiger partial charge < -0.3 is 19.7 Å². The fraction of sp³-hybridized carbons (Fsp3) is 0.647. The van der Waals surface area contributed by atoms with Crippen molar-refractivity contribution >= 4 is 0 Å². The first-order chi connectivity index (χ1) is 10.2. The maximum Gasteiger partial charge on any atom is 0.122 e. The quantitative estimate of drug-likeness (QED) is 0.757. The van der Waals surface area contributed by atoms with Crippen LogP contribution in [0.5, 0.6) is 5.75 Å². The standard InChI is InChI=1S/C17H28N2O2/c1-4-16(18-8-9-19(2)10-12-20-3)14-5-6-17-15(13-14)7-11-21-17/h5-6,13,16,18H,4,7-12H2,1-3H3. The van der Waals surface area contributed by atoms with Gasteiger partial charge in [-0.15, -0.1) is 0 Å². The molecule has 0 spiro atoms. The van der Waals surface area contributed by atoms with Gasteiger partial charge in [-0.1, -0.05) is 19.1 Å². The molecule has 0 saturated heterocycles. The fourth-order valence-electron chi connectivity index (χ4n) is 2.71. The SMILES string of the molecule is CCC(NCCN(C)CCOC)c1ccc2c(c1)CCO2. The molecular weight excluding hydrogens is 264 g/mol. The number of nitrogens with one attached hydrogen (secondary N) is 1. The molecule has 1 N–H and O–H groups in total. The zero-order valence-corrected chi connectivity index (χ0v) is 13.5. The van der Waals surface area contributed by atoms with Gasteiger partial charge in [0.1, 0.15) is 5.75 Å². The fourth-order valence-corrected chi connectivity index (χ4v) is 2.71. The van der Waals surface area contributed by atoms with E-state index < -0.39 is 0 Å². The largest absolute Gasteiger partial charge is 0.493 e. The van der Waals surface area contributed by atoms with Crippen LogP contribution < -0.4 is 10.1 Å². The highest BCUT2D eigenvalue weighted by Crippen LogP contribution is 2.28. The maximum atomic E-state index is 5.58. The van der Waals surface area contributed by atoms with Gasteiger partial charge in [-0.2, -0.15) is 0 Å². The lowest BCUT2D eigenvalue weighted by atomic mass is 10.0. The van der Waals surface area contributed by atoms with Crippen molar-refractivity contribution in [3.63, 3.8) is 0 Å². The summed E-state index contributed by atoms with van der Waals surface area (Å²) in [5.74, 6) is 1.06. The Morgan fingerprint density at radius 1 is 1.38 bits per heavy atom. The summed E-state index contributed by atoms with van der Waals surface area (Å²) in [7, 11) is 3.88. The summed E-state index contributed by atoms with van der Waals surface area (Å²) in [6.45, 7) is 6.85. The molecular formula is C17H28N2O2. The molecule has 4 heteroatoms. The van der Waals surface area contributed by atoms with E-state index in [4.69, 9.17) is 9.47 Å². The Balaban J connectivity index is 1.82. The van der Waals surface area contributed by atoms with Crippen LogP contribution in [-0.4, -0.2) is 51.9 Å². The van der Waals surface area contributed by atoms with Gasteiger partial charge in [0.05, 0.1) is 13.2 Å². The van der Waals surface area contributed by atoms with Gasteiger partial charge in [-0.3, -0.25) is 0 Å². The smallest absolute Gasteiger partial charge is 0.122 e. The molecule has 1 unspecified atom stereocenters. The molecule has 1 aliphatic rings. The lowest BCUT2D eigenvalue weighted by molar-refractivity contribution is 0.161. The lowest BCUT2D eigenvalue weighted by Crippen LogP contribution is -2.33. The molecule has 0 saturated carbocycles. The minimum absolute atomic E-state index is 0.423.